The average Bonchev–Trinajstić information content (AvgIpc) is 2.64. The average molecular weight is 390 g/mol. The Morgan fingerprint density at radius 2 is 1.89 bits per heavy atom. The molecule has 0 saturated carbocycles. The van der Waals surface area contributed by atoms with Gasteiger partial charge in [-0.15, -0.1) is 0 Å². The Morgan fingerprint density at radius 3 is 2.63 bits per heavy atom. The van der Waals surface area contributed by atoms with Crippen molar-refractivity contribution in [2.24, 2.45) is 0 Å². The van der Waals surface area contributed by atoms with Crippen molar-refractivity contribution in [2.45, 2.75) is 0 Å². The number of carbonyl (C=O) groups excluding carboxylic acids is 1. The molecule has 27 heavy (non-hydrogen) atoms. The lowest BCUT2D eigenvalue weighted by molar-refractivity contribution is 0.102. The zero-order valence-corrected chi connectivity index (χ0v) is 14.8. The lowest BCUT2D eigenvalue weighted by Gasteiger charge is -2.12. The van der Waals surface area contributed by atoms with Gasteiger partial charge in [0.1, 0.15) is 17.4 Å². The van der Waals surface area contributed by atoms with Crippen molar-refractivity contribution in [3.63, 3.8) is 0 Å². The molecule has 0 atom stereocenters. The summed E-state index contributed by atoms with van der Waals surface area (Å²) in [6.45, 7) is 0. The highest BCUT2D eigenvalue weighted by Gasteiger charge is 2.12. The summed E-state index contributed by atoms with van der Waals surface area (Å²) < 4.78 is 31.9. The van der Waals surface area contributed by atoms with Gasteiger partial charge in [-0.25, -0.2) is 8.78 Å². The Hall–Kier alpha value is -3.19. The molecule has 0 bridgehead atoms. The van der Waals surface area contributed by atoms with Gasteiger partial charge in [-0.2, -0.15) is 0 Å². The van der Waals surface area contributed by atoms with Gasteiger partial charge in [0.2, 0.25) is 0 Å². The van der Waals surface area contributed by atoms with E-state index in [2.05, 4.69) is 15.6 Å². The zero-order chi connectivity index (χ0) is 19.4. The third kappa shape index (κ3) is 4.51. The number of hydrogen-bond acceptors (Lipinski definition) is 4. The summed E-state index contributed by atoms with van der Waals surface area (Å²) in [7, 11) is 1.52. The number of carbonyl (C=O) groups is 1. The van der Waals surface area contributed by atoms with E-state index in [9.17, 15) is 13.6 Å². The van der Waals surface area contributed by atoms with Gasteiger partial charge >= 0.3 is 0 Å². The number of aromatic nitrogens is 1. The van der Waals surface area contributed by atoms with E-state index in [-0.39, 0.29) is 11.3 Å². The number of methoxy groups -OCH3 is 1. The third-order valence-electron chi connectivity index (χ3n) is 3.62. The van der Waals surface area contributed by atoms with E-state index in [4.69, 9.17) is 16.3 Å². The maximum Gasteiger partial charge on any atom is 0.257 e. The normalized spacial score (nSPS) is 10.4. The summed E-state index contributed by atoms with van der Waals surface area (Å²) >= 11 is 6.00. The van der Waals surface area contributed by atoms with Crippen LogP contribution in [0, 0.1) is 11.6 Å². The SMILES string of the molecule is COc1ccc(Cl)cc1Nc1cncc(C(=O)Nc2ccc(F)cc2F)c1. The molecule has 8 heteroatoms. The molecule has 1 amide bonds. The van der Waals surface area contributed by atoms with Crippen LogP contribution in [0.3, 0.4) is 0 Å². The number of amides is 1. The molecule has 3 rings (SSSR count). The van der Waals surface area contributed by atoms with Crippen LogP contribution in [0.1, 0.15) is 10.4 Å². The van der Waals surface area contributed by atoms with Crippen molar-refractivity contribution in [3.05, 3.63) is 77.1 Å². The van der Waals surface area contributed by atoms with Crippen LogP contribution >= 0.6 is 11.6 Å². The fraction of sp³-hybridized carbons (Fsp3) is 0.0526. The Labute approximate surface area is 159 Å². The molecule has 5 nitrogen and oxygen atoms in total. The first-order valence-corrected chi connectivity index (χ1v) is 8.16. The summed E-state index contributed by atoms with van der Waals surface area (Å²) in [6, 6.07) is 9.48. The molecule has 0 aliphatic heterocycles. The van der Waals surface area contributed by atoms with Gasteiger partial charge < -0.3 is 15.4 Å². The van der Waals surface area contributed by atoms with Crippen molar-refractivity contribution >= 4 is 34.6 Å². The minimum Gasteiger partial charge on any atom is -0.495 e. The fourth-order valence-corrected chi connectivity index (χ4v) is 2.52. The Bertz CT molecular complexity index is 998. The van der Waals surface area contributed by atoms with Gasteiger partial charge in [-0.05, 0) is 36.4 Å². The van der Waals surface area contributed by atoms with Crippen LogP contribution in [-0.2, 0) is 0 Å². The summed E-state index contributed by atoms with van der Waals surface area (Å²) in [5.74, 6) is -1.62. The highest BCUT2D eigenvalue weighted by atomic mass is 35.5. The molecule has 138 valence electrons. The first-order chi connectivity index (χ1) is 13.0. The Morgan fingerprint density at radius 1 is 1.07 bits per heavy atom. The molecular weight excluding hydrogens is 376 g/mol. The second-order valence-corrected chi connectivity index (χ2v) is 5.95. The molecule has 0 spiro atoms. The summed E-state index contributed by atoms with van der Waals surface area (Å²) in [5.41, 5.74) is 1.15. The van der Waals surface area contributed by atoms with E-state index in [1.165, 1.54) is 25.6 Å². The standard InChI is InChI=1S/C19H14ClF2N3O2/c1-27-18-5-2-12(20)7-17(18)24-14-6-11(9-23-10-14)19(26)25-16-4-3-13(21)8-15(16)22/h2-10,24H,1H3,(H,25,26). The molecule has 0 aliphatic carbocycles. The second kappa shape index (κ2) is 8.01. The van der Waals surface area contributed by atoms with Crippen LogP contribution in [0.4, 0.5) is 25.8 Å². The molecule has 1 heterocycles. The van der Waals surface area contributed by atoms with Crippen LogP contribution < -0.4 is 15.4 Å². The summed E-state index contributed by atoms with van der Waals surface area (Å²) in [6.07, 6.45) is 2.84. The summed E-state index contributed by atoms with van der Waals surface area (Å²) in [4.78, 5) is 16.4. The summed E-state index contributed by atoms with van der Waals surface area (Å²) in [5, 5.41) is 5.96. The van der Waals surface area contributed by atoms with Crippen molar-refractivity contribution in [2.75, 3.05) is 17.7 Å². The van der Waals surface area contributed by atoms with Gasteiger partial charge in [0.15, 0.2) is 0 Å². The first kappa shape index (κ1) is 18.6. The van der Waals surface area contributed by atoms with E-state index >= 15 is 0 Å². The van der Waals surface area contributed by atoms with Crippen molar-refractivity contribution in [1.29, 1.82) is 0 Å². The van der Waals surface area contributed by atoms with Gasteiger partial charge in [-0.1, -0.05) is 11.6 Å². The minimum atomic E-state index is -0.866. The van der Waals surface area contributed by atoms with Crippen molar-refractivity contribution < 1.29 is 18.3 Å². The number of pyridine rings is 1. The van der Waals surface area contributed by atoms with Crippen LogP contribution in [-0.4, -0.2) is 18.0 Å². The van der Waals surface area contributed by atoms with E-state index in [0.29, 0.717) is 28.2 Å². The lowest BCUT2D eigenvalue weighted by Crippen LogP contribution is -2.13. The molecule has 2 N–H and O–H groups in total. The topological polar surface area (TPSA) is 63.2 Å². The molecule has 0 radical (unpaired) electrons. The number of nitrogens with one attached hydrogen (secondary N) is 2. The number of anilines is 3. The molecule has 0 unspecified atom stereocenters. The van der Waals surface area contributed by atoms with Crippen LogP contribution in [0.5, 0.6) is 5.75 Å². The maximum atomic E-state index is 13.7. The number of halogens is 3. The highest BCUT2D eigenvalue weighted by Crippen LogP contribution is 2.30. The molecule has 0 fully saturated rings. The number of hydrogen-bond donors (Lipinski definition) is 2. The molecule has 1 aromatic heterocycles. The molecule has 0 aliphatic rings. The molecule has 3 aromatic rings. The smallest absolute Gasteiger partial charge is 0.257 e. The first-order valence-electron chi connectivity index (χ1n) is 7.78. The molecular formula is C19H14ClF2N3O2. The van der Waals surface area contributed by atoms with E-state index in [1.54, 1.807) is 18.2 Å². The van der Waals surface area contributed by atoms with Gasteiger partial charge in [0.05, 0.1) is 35.9 Å². The number of nitrogens with zero attached hydrogens (tertiary/aromatic N) is 1. The van der Waals surface area contributed by atoms with Gasteiger partial charge in [-0.3, -0.25) is 9.78 Å². The molecule has 2 aromatic carbocycles. The van der Waals surface area contributed by atoms with E-state index in [0.717, 1.165) is 12.1 Å². The third-order valence-corrected chi connectivity index (χ3v) is 3.86. The van der Waals surface area contributed by atoms with Gasteiger partial charge in [0, 0.05) is 17.3 Å². The monoisotopic (exact) mass is 389 g/mol. The van der Waals surface area contributed by atoms with Crippen LogP contribution in [0.15, 0.2) is 54.9 Å². The van der Waals surface area contributed by atoms with Gasteiger partial charge in [0.25, 0.3) is 5.91 Å². The maximum absolute atomic E-state index is 13.7. The predicted molar refractivity (Wildman–Crippen MR) is 99.8 cm³/mol. The zero-order valence-electron chi connectivity index (χ0n) is 14.1. The van der Waals surface area contributed by atoms with Crippen LogP contribution in [0.25, 0.3) is 0 Å². The fourth-order valence-electron chi connectivity index (χ4n) is 2.35. The predicted octanol–water partition coefficient (Wildman–Crippen LogP) is 5.02. The molecule has 0 saturated heterocycles. The van der Waals surface area contributed by atoms with E-state index in [1.807, 2.05) is 0 Å². The van der Waals surface area contributed by atoms with Crippen LogP contribution in [0.2, 0.25) is 5.02 Å². The Kier molecular flexibility index (Phi) is 5.52. The highest BCUT2D eigenvalue weighted by molar-refractivity contribution is 6.31. The number of rotatable bonds is 5. The number of benzene rings is 2. The van der Waals surface area contributed by atoms with Crippen molar-refractivity contribution in [1.82, 2.24) is 4.98 Å². The lowest BCUT2D eigenvalue weighted by atomic mass is 10.2. The quantitative estimate of drug-likeness (QED) is 0.643. The van der Waals surface area contributed by atoms with Crippen molar-refractivity contribution in [3.8, 4) is 5.75 Å². The Balaban J connectivity index is 1.81. The largest absolute Gasteiger partial charge is 0.495 e. The van der Waals surface area contributed by atoms with E-state index < -0.39 is 17.5 Å². The number of ether oxygens (including phenoxy) is 1. The second-order valence-electron chi connectivity index (χ2n) is 5.51. The minimum absolute atomic E-state index is 0.128.